The van der Waals surface area contributed by atoms with Gasteiger partial charge in [-0.25, -0.2) is 4.39 Å². The van der Waals surface area contributed by atoms with Crippen LogP contribution in [0.15, 0.2) is 0 Å². The Kier molecular flexibility index (Phi) is 7.03. The maximum absolute atomic E-state index is 13.3. The third kappa shape index (κ3) is 3.47. The molecule has 0 aromatic heterocycles. The fourth-order valence-electron chi connectivity index (χ4n) is 1.69. The Bertz CT molecular complexity index is 590. The molecule has 0 rings (SSSR count). The maximum Gasteiger partial charge on any atom is 0.385 e. The SMILES string of the molecule is [CH2]CC(F)(F)C(F)(F)C(F)(F)C(F)(F)C(F)(F)C(F)(F)C(F)(F)C(F)(F)C(F)(F)CF. The van der Waals surface area contributed by atoms with Crippen molar-refractivity contribution in [3.63, 3.8) is 0 Å². The molecule has 0 aliphatic rings. The van der Waals surface area contributed by atoms with Crippen LogP contribution in [0.2, 0.25) is 0 Å². The molecule has 0 heterocycles. The third-order valence-electron chi connectivity index (χ3n) is 3.77. The summed E-state index contributed by atoms with van der Waals surface area (Å²) in [6.07, 6.45) is -2.79. The molecule has 0 atom stereocenters. The van der Waals surface area contributed by atoms with E-state index in [-0.39, 0.29) is 0 Å². The maximum atomic E-state index is 13.3. The topological polar surface area (TPSA) is 0 Å². The van der Waals surface area contributed by atoms with E-state index in [0.29, 0.717) is 0 Å². The molecule has 0 saturated carbocycles. The molecule has 0 spiro atoms. The zero-order valence-corrected chi connectivity index (χ0v) is 13.8. The minimum atomic E-state index is -8.83. The summed E-state index contributed by atoms with van der Waals surface area (Å²) in [6.45, 7) is -2.15. The Balaban J connectivity index is 6.89. The van der Waals surface area contributed by atoms with Crippen molar-refractivity contribution in [3.8, 4) is 0 Å². The van der Waals surface area contributed by atoms with Crippen molar-refractivity contribution in [2.24, 2.45) is 0 Å². The molecule has 0 nitrogen and oxygen atoms in total. The van der Waals surface area contributed by atoms with Crippen LogP contribution >= 0.6 is 0 Å². The molecule has 187 valence electrons. The van der Waals surface area contributed by atoms with Crippen LogP contribution in [0.3, 0.4) is 0 Å². The van der Waals surface area contributed by atoms with E-state index in [1.165, 1.54) is 0 Å². The number of rotatable bonds is 10. The molecule has 0 aromatic rings. The summed E-state index contributed by atoms with van der Waals surface area (Å²) in [7, 11) is 0. The predicted molar refractivity (Wildman–Crippen MR) is 60.5 cm³/mol. The molecular formula is C12H6F19. The average Bonchev–Trinajstić information content (AvgIpc) is 2.59. The molecule has 0 aliphatic heterocycles. The zero-order valence-electron chi connectivity index (χ0n) is 13.8. The highest BCUT2D eigenvalue weighted by Crippen LogP contribution is 2.65. The second-order valence-corrected chi connectivity index (χ2v) is 5.81. The lowest BCUT2D eigenvalue weighted by molar-refractivity contribution is -0.462. The van der Waals surface area contributed by atoms with E-state index in [9.17, 15) is 83.4 Å². The van der Waals surface area contributed by atoms with Gasteiger partial charge in [0.05, 0.1) is 0 Å². The van der Waals surface area contributed by atoms with E-state index in [4.69, 9.17) is 0 Å². The van der Waals surface area contributed by atoms with Crippen LogP contribution in [0.4, 0.5) is 83.4 Å². The van der Waals surface area contributed by atoms with Crippen LogP contribution in [0.1, 0.15) is 6.42 Å². The van der Waals surface area contributed by atoms with Crippen LogP contribution in [0.5, 0.6) is 0 Å². The van der Waals surface area contributed by atoms with Gasteiger partial charge >= 0.3 is 53.3 Å². The molecule has 0 aliphatic carbocycles. The standard InChI is InChI=1S/C12H6F19/c1-2-4(14,15)6(18,19)8(22,23)10(26,27)12(30,31)11(28,29)9(24,25)7(20,21)5(16,17)3-13/h1-3H2. The Morgan fingerprint density at radius 3 is 0.742 bits per heavy atom. The summed E-state index contributed by atoms with van der Waals surface area (Å²) in [4.78, 5) is 0. The summed E-state index contributed by atoms with van der Waals surface area (Å²) in [6, 6.07) is 0. The smallest absolute Gasteiger partial charge is 0.244 e. The lowest BCUT2D eigenvalue weighted by Gasteiger charge is -2.44. The normalized spacial score (nSPS) is 16.6. The van der Waals surface area contributed by atoms with Gasteiger partial charge in [0.2, 0.25) is 0 Å². The highest BCUT2D eigenvalue weighted by atomic mass is 19.4. The van der Waals surface area contributed by atoms with E-state index in [2.05, 4.69) is 0 Å². The molecule has 0 saturated heterocycles. The number of hydrogen-bond acceptors (Lipinski definition) is 0. The minimum absolute atomic E-state index is 1.86. The Labute approximate surface area is 158 Å². The summed E-state index contributed by atoms with van der Waals surface area (Å²) in [5.74, 6) is -72.5. The highest BCUT2D eigenvalue weighted by molar-refractivity contribution is 5.17. The first-order valence-corrected chi connectivity index (χ1v) is 6.88. The number of hydrogen-bond donors (Lipinski definition) is 0. The minimum Gasteiger partial charge on any atom is -0.244 e. The Morgan fingerprint density at radius 1 is 0.355 bits per heavy atom. The predicted octanol–water partition coefficient (Wildman–Crippen LogP) is 6.90. The second kappa shape index (κ2) is 7.34. The van der Waals surface area contributed by atoms with Crippen molar-refractivity contribution in [2.75, 3.05) is 6.67 Å². The van der Waals surface area contributed by atoms with E-state index in [1.807, 2.05) is 6.92 Å². The molecule has 0 fully saturated rings. The van der Waals surface area contributed by atoms with Crippen molar-refractivity contribution in [1.82, 2.24) is 0 Å². The van der Waals surface area contributed by atoms with Crippen molar-refractivity contribution >= 4 is 0 Å². The lowest BCUT2D eigenvalue weighted by atomic mass is 9.86. The van der Waals surface area contributed by atoms with Gasteiger partial charge in [0.15, 0.2) is 6.67 Å². The van der Waals surface area contributed by atoms with Crippen LogP contribution in [0, 0.1) is 6.92 Å². The quantitative estimate of drug-likeness (QED) is 0.280. The average molecular weight is 511 g/mol. The van der Waals surface area contributed by atoms with Gasteiger partial charge in [-0.15, -0.1) is 0 Å². The van der Waals surface area contributed by atoms with Gasteiger partial charge in [-0.1, -0.05) is 0 Å². The molecule has 19 heteroatoms. The van der Waals surface area contributed by atoms with Crippen LogP contribution in [-0.4, -0.2) is 60.0 Å². The van der Waals surface area contributed by atoms with Gasteiger partial charge in [-0.2, -0.15) is 79.0 Å². The van der Waals surface area contributed by atoms with Gasteiger partial charge < -0.3 is 0 Å². The molecule has 0 amide bonds. The molecule has 1 radical (unpaired) electrons. The summed E-state index contributed by atoms with van der Waals surface area (Å²) in [5.41, 5.74) is 0. The monoisotopic (exact) mass is 511 g/mol. The first kappa shape index (κ1) is 29.7. The van der Waals surface area contributed by atoms with Crippen molar-refractivity contribution in [2.45, 2.75) is 59.7 Å². The zero-order chi connectivity index (χ0) is 25.9. The largest absolute Gasteiger partial charge is 0.385 e. The van der Waals surface area contributed by atoms with Gasteiger partial charge in [-0.3, -0.25) is 0 Å². The van der Waals surface area contributed by atoms with E-state index >= 15 is 0 Å². The van der Waals surface area contributed by atoms with Crippen LogP contribution < -0.4 is 0 Å². The van der Waals surface area contributed by atoms with Crippen molar-refractivity contribution in [3.05, 3.63) is 6.92 Å². The first-order valence-electron chi connectivity index (χ1n) is 6.88. The van der Waals surface area contributed by atoms with Crippen molar-refractivity contribution < 1.29 is 83.4 Å². The summed E-state index contributed by atoms with van der Waals surface area (Å²) >= 11 is 0. The molecule has 31 heavy (non-hydrogen) atoms. The summed E-state index contributed by atoms with van der Waals surface area (Å²) in [5, 5.41) is 0. The van der Waals surface area contributed by atoms with E-state index in [1.54, 1.807) is 0 Å². The van der Waals surface area contributed by atoms with Gasteiger partial charge in [0.1, 0.15) is 0 Å². The molecule has 0 aromatic carbocycles. The van der Waals surface area contributed by atoms with Crippen LogP contribution in [-0.2, 0) is 0 Å². The first-order chi connectivity index (χ1) is 13.1. The second-order valence-electron chi connectivity index (χ2n) is 5.81. The highest BCUT2D eigenvalue weighted by Gasteiger charge is 2.96. The summed E-state index contributed by atoms with van der Waals surface area (Å²) < 4.78 is 247. The Hall–Kier alpha value is -1.33. The molecular weight excluding hydrogens is 505 g/mol. The Morgan fingerprint density at radius 2 is 0.548 bits per heavy atom. The van der Waals surface area contributed by atoms with Crippen molar-refractivity contribution in [1.29, 1.82) is 0 Å². The third-order valence-corrected chi connectivity index (χ3v) is 3.77. The van der Waals surface area contributed by atoms with E-state index < -0.39 is 66.4 Å². The van der Waals surface area contributed by atoms with Gasteiger partial charge in [0.25, 0.3) is 0 Å². The number of alkyl halides is 19. The lowest BCUT2D eigenvalue weighted by Crippen LogP contribution is -2.76. The van der Waals surface area contributed by atoms with Gasteiger partial charge in [-0.05, 0) is 6.92 Å². The van der Waals surface area contributed by atoms with Gasteiger partial charge in [0, 0.05) is 6.42 Å². The fraction of sp³-hybridized carbons (Fsp3) is 0.917. The molecule has 0 N–H and O–H groups in total. The molecule has 0 unspecified atom stereocenters. The molecule has 0 bridgehead atoms. The number of halogens is 19. The fourth-order valence-corrected chi connectivity index (χ4v) is 1.69. The van der Waals surface area contributed by atoms with E-state index in [0.717, 1.165) is 0 Å². The van der Waals surface area contributed by atoms with Crippen LogP contribution in [0.25, 0.3) is 0 Å².